The van der Waals surface area contributed by atoms with E-state index in [0.29, 0.717) is 19.7 Å². The van der Waals surface area contributed by atoms with Crippen molar-refractivity contribution < 1.29 is 14.3 Å². The number of methoxy groups -OCH3 is 1. The average molecular weight is 328 g/mol. The molecule has 0 saturated heterocycles. The molecule has 1 N–H and O–H groups in total. The lowest BCUT2D eigenvalue weighted by Crippen LogP contribution is -2.29. The zero-order chi connectivity index (χ0) is 17.4. The first-order valence-electron chi connectivity index (χ1n) is 7.95. The van der Waals surface area contributed by atoms with Gasteiger partial charge in [0.15, 0.2) is 0 Å². The van der Waals surface area contributed by atoms with Crippen LogP contribution in [0, 0.1) is 0 Å². The predicted molar refractivity (Wildman–Crippen MR) is 95.6 cm³/mol. The van der Waals surface area contributed by atoms with Gasteiger partial charge in [0.25, 0.3) is 0 Å². The fourth-order valence-corrected chi connectivity index (χ4v) is 2.37. The Labute approximate surface area is 143 Å². The van der Waals surface area contributed by atoms with E-state index in [1.807, 2.05) is 61.3 Å². The lowest BCUT2D eigenvalue weighted by atomic mass is 10.2. The SMILES string of the molecule is CCOc1ccc(CN(C)CC(=O)Nc2cccc(OC)c2)cc1. The fourth-order valence-electron chi connectivity index (χ4n) is 2.37. The van der Waals surface area contributed by atoms with Crippen LogP contribution in [0.1, 0.15) is 12.5 Å². The van der Waals surface area contributed by atoms with Crippen LogP contribution in [-0.2, 0) is 11.3 Å². The van der Waals surface area contributed by atoms with Crippen molar-refractivity contribution in [1.82, 2.24) is 4.90 Å². The van der Waals surface area contributed by atoms with Crippen molar-refractivity contribution in [1.29, 1.82) is 0 Å². The van der Waals surface area contributed by atoms with E-state index in [4.69, 9.17) is 9.47 Å². The molecule has 0 fully saturated rings. The normalized spacial score (nSPS) is 10.5. The van der Waals surface area contributed by atoms with Gasteiger partial charge >= 0.3 is 0 Å². The molecule has 0 bridgehead atoms. The predicted octanol–water partition coefficient (Wildman–Crippen LogP) is 3.16. The molecule has 0 saturated carbocycles. The number of ether oxygens (including phenoxy) is 2. The monoisotopic (exact) mass is 328 g/mol. The van der Waals surface area contributed by atoms with E-state index in [2.05, 4.69) is 5.32 Å². The number of benzene rings is 2. The minimum Gasteiger partial charge on any atom is -0.497 e. The van der Waals surface area contributed by atoms with Gasteiger partial charge in [-0.2, -0.15) is 0 Å². The Balaban J connectivity index is 1.84. The molecule has 0 heterocycles. The number of carbonyl (C=O) groups excluding carboxylic acids is 1. The van der Waals surface area contributed by atoms with Gasteiger partial charge in [0.05, 0.1) is 20.3 Å². The molecule has 0 unspecified atom stereocenters. The maximum absolute atomic E-state index is 12.1. The second-order valence-corrected chi connectivity index (χ2v) is 5.53. The maximum Gasteiger partial charge on any atom is 0.238 e. The number of nitrogens with one attached hydrogen (secondary N) is 1. The molecule has 128 valence electrons. The Morgan fingerprint density at radius 1 is 1.12 bits per heavy atom. The molecular weight excluding hydrogens is 304 g/mol. The van der Waals surface area contributed by atoms with Crippen LogP contribution in [0.15, 0.2) is 48.5 Å². The zero-order valence-electron chi connectivity index (χ0n) is 14.4. The summed E-state index contributed by atoms with van der Waals surface area (Å²) in [4.78, 5) is 14.1. The Kier molecular flexibility index (Phi) is 6.63. The molecular formula is C19H24N2O3. The number of carbonyl (C=O) groups is 1. The number of amides is 1. The van der Waals surface area contributed by atoms with Crippen molar-refractivity contribution in [2.45, 2.75) is 13.5 Å². The highest BCUT2D eigenvalue weighted by atomic mass is 16.5. The Morgan fingerprint density at radius 2 is 1.88 bits per heavy atom. The first kappa shape index (κ1) is 17.8. The van der Waals surface area contributed by atoms with Gasteiger partial charge in [-0.3, -0.25) is 9.69 Å². The van der Waals surface area contributed by atoms with Crippen molar-refractivity contribution in [3.05, 3.63) is 54.1 Å². The lowest BCUT2D eigenvalue weighted by Gasteiger charge is -2.17. The number of likely N-dealkylation sites (N-methyl/N-ethyl adjacent to an activating group) is 1. The van der Waals surface area contributed by atoms with E-state index in [9.17, 15) is 4.79 Å². The third-order valence-corrected chi connectivity index (χ3v) is 3.45. The molecule has 0 aliphatic carbocycles. The Bertz CT molecular complexity index is 656. The summed E-state index contributed by atoms with van der Waals surface area (Å²) in [5.74, 6) is 1.52. The molecule has 0 aliphatic heterocycles. The molecule has 0 radical (unpaired) electrons. The smallest absolute Gasteiger partial charge is 0.238 e. The van der Waals surface area contributed by atoms with E-state index >= 15 is 0 Å². The van der Waals surface area contributed by atoms with Gasteiger partial charge in [0.2, 0.25) is 5.91 Å². The van der Waals surface area contributed by atoms with Crippen molar-refractivity contribution in [2.24, 2.45) is 0 Å². The fraction of sp³-hybridized carbons (Fsp3) is 0.316. The molecule has 5 heteroatoms. The number of nitrogens with zero attached hydrogens (tertiary/aromatic N) is 1. The van der Waals surface area contributed by atoms with Crippen LogP contribution in [0.2, 0.25) is 0 Å². The van der Waals surface area contributed by atoms with Gasteiger partial charge in [0, 0.05) is 18.3 Å². The largest absolute Gasteiger partial charge is 0.497 e. The number of rotatable bonds is 8. The highest BCUT2D eigenvalue weighted by Gasteiger charge is 2.08. The summed E-state index contributed by atoms with van der Waals surface area (Å²) in [6.45, 7) is 3.62. The van der Waals surface area contributed by atoms with Crippen LogP contribution in [0.4, 0.5) is 5.69 Å². The zero-order valence-corrected chi connectivity index (χ0v) is 14.4. The lowest BCUT2D eigenvalue weighted by molar-refractivity contribution is -0.117. The van der Waals surface area contributed by atoms with Crippen LogP contribution in [0.25, 0.3) is 0 Å². The summed E-state index contributed by atoms with van der Waals surface area (Å²) in [5, 5.41) is 2.88. The first-order chi connectivity index (χ1) is 11.6. The highest BCUT2D eigenvalue weighted by Crippen LogP contribution is 2.17. The van der Waals surface area contributed by atoms with Gasteiger partial charge < -0.3 is 14.8 Å². The topological polar surface area (TPSA) is 50.8 Å². The Hall–Kier alpha value is -2.53. The van der Waals surface area contributed by atoms with E-state index in [0.717, 1.165) is 22.7 Å². The summed E-state index contributed by atoms with van der Waals surface area (Å²) < 4.78 is 10.6. The number of hydrogen-bond acceptors (Lipinski definition) is 4. The van der Waals surface area contributed by atoms with Crippen LogP contribution in [0.3, 0.4) is 0 Å². The molecule has 2 aromatic rings. The summed E-state index contributed by atoms with van der Waals surface area (Å²) in [5.41, 5.74) is 1.86. The molecule has 0 aliphatic rings. The molecule has 24 heavy (non-hydrogen) atoms. The van der Waals surface area contributed by atoms with Crippen LogP contribution in [0.5, 0.6) is 11.5 Å². The van der Waals surface area contributed by atoms with Crippen molar-refractivity contribution in [3.8, 4) is 11.5 Å². The molecule has 5 nitrogen and oxygen atoms in total. The summed E-state index contributed by atoms with van der Waals surface area (Å²) in [6.07, 6.45) is 0. The summed E-state index contributed by atoms with van der Waals surface area (Å²) in [6, 6.07) is 15.2. The first-order valence-corrected chi connectivity index (χ1v) is 7.95. The second-order valence-electron chi connectivity index (χ2n) is 5.53. The van der Waals surface area contributed by atoms with Crippen molar-refractivity contribution in [2.75, 3.05) is 32.6 Å². The van der Waals surface area contributed by atoms with Gasteiger partial charge in [-0.25, -0.2) is 0 Å². The van der Waals surface area contributed by atoms with Crippen molar-refractivity contribution >= 4 is 11.6 Å². The van der Waals surface area contributed by atoms with Crippen LogP contribution in [-0.4, -0.2) is 38.1 Å². The van der Waals surface area contributed by atoms with Gasteiger partial charge in [-0.05, 0) is 43.8 Å². The van der Waals surface area contributed by atoms with Gasteiger partial charge in [0.1, 0.15) is 11.5 Å². The number of anilines is 1. The molecule has 2 rings (SSSR count). The van der Waals surface area contributed by atoms with Crippen molar-refractivity contribution in [3.63, 3.8) is 0 Å². The van der Waals surface area contributed by atoms with E-state index in [1.54, 1.807) is 13.2 Å². The summed E-state index contributed by atoms with van der Waals surface area (Å²) >= 11 is 0. The third kappa shape index (κ3) is 5.59. The minimum atomic E-state index is -0.0586. The van der Waals surface area contributed by atoms with Gasteiger partial charge in [-0.1, -0.05) is 18.2 Å². The second kappa shape index (κ2) is 8.93. The third-order valence-electron chi connectivity index (χ3n) is 3.45. The maximum atomic E-state index is 12.1. The quantitative estimate of drug-likeness (QED) is 0.809. The highest BCUT2D eigenvalue weighted by molar-refractivity contribution is 5.92. The summed E-state index contributed by atoms with van der Waals surface area (Å²) in [7, 11) is 3.52. The van der Waals surface area contributed by atoms with Crippen LogP contribution >= 0.6 is 0 Å². The average Bonchev–Trinajstić information content (AvgIpc) is 2.57. The minimum absolute atomic E-state index is 0.0586. The van der Waals surface area contributed by atoms with E-state index in [-0.39, 0.29) is 5.91 Å². The molecule has 0 spiro atoms. The molecule has 1 amide bonds. The van der Waals surface area contributed by atoms with E-state index in [1.165, 1.54) is 0 Å². The van der Waals surface area contributed by atoms with Gasteiger partial charge in [-0.15, -0.1) is 0 Å². The van der Waals surface area contributed by atoms with E-state index < -0.39 is 0 Å². The Morgan fingerprint density at radius 3 is 2.54 bits per heavy atom. The molecule has 0 aromatic heterocycles. The molecule has 2 aromatic carbocycles. The standard InChI is InChI=1S/C19H24N2O3/c1-4-24-17-10-8-15(9-11-17)13-21(2)14-19(22)20-16-6-5-7-18(12-16)23-3/h5-12H,4,13-14H2,1-3H3,(H,20,22). The number of hydrogen-bond donors (Lipinski definition) is 1. The molecule has 0 atom stereocenters. The van der Waals surface area contributed by atoms with Crippen LogP contribution < -0.4 is 14.8 Å².